The van der Waals surface area contributed by atoms with Crippen LogP contribution in [0.25, 0.3) is 0 Å². The normalized spacial score (nSPS) is 12.1. The Hall–Kier alpha value is -1.58. The third-order valence-electron chi connectivity index (χ3n) is 3.38. The summed E-state index contributed by atoms with van der Waals surface area (Å²) in [6.07, 6.45) is 3.57. The van der Waals surface area contributed by atoms with Crippen LogP contribution in [0, 0.1) is 0 Å². The minimum absolute atomic E-state index is 0.303. The standard InChI is InChI=1S/C17H21ClN2O/c1-3-19-16(12-15-6-4-5-9-20-15)11-13-10-14(18)7-8-17(13)21-2/h4-10,16,19H,3,11-12H2,1-2H3. The molecule has 2 rings (SSSR count). The fourth-order valence-electron chi connectivity index (χ4n) is 2.45. The number of benzene rings is 1. The largest absolute Gasteiger partial charge is 0.496 e. The Balaban J connectivity index is 2.14. The fraction of sp³-hybridized carbons (Fsp3) is 0.353. The topological polar surface area (TPSA) is 34.2 Å². The molecule has 0 fully saturated rings. The number of methoxy groups -OCH3 is 1. The first-order valence-corrected chi connectivity index (χ1v) is 7.56. The summed E-state index contributed by atoms with van der Waals surface area (Å²) >= 11 is 6.11. The van der Waals surface area contributed by atoms with E-state index in [4.69, 9.17) is 16.3 Å². The second-order valence-corrected chi connectivity index (χ2v) is 5.38. The number of nitrogens with one attached hydrogen (secondary N) is 1. The zero-order valence-electron chi connectivity index (χ0n) is 12.5. The summed E-state index contributed by atoms with van der Waals surface area (Å²) in [6.45, 7) is 3.03. The summed E-state index contributed by atoms with van der Waals surface area (Å²) < 4.78 is 5.43. The van der Waals surface area contributed by atoms with Gasteiger partial charge in [0.05, 0.1) is 7.11 Å². The molecular formula is C17H21ClN2O. The third kappa shape index (κ3) is 4.73. The zero-order chi connectivity index (χ0) is 15.1. The maximum absolute atomic E-state index is 6.11. The van der Waals surface area contributed by atoms with E-state index in [9.17, 15) is 0 Å². The van der Waals surface area contributed by atoms with E-state index in [2.05, 4.69) is 23.3 Å². The Morgan fingerprint density at radius 3 is 2.76 bits per heavy atom. The molecule has 0 saturated heterocycles. The molecule has 1 aromatic carbocycles. The average molecular weight is 305 g/mol. The van der Waals surface area contributed by atoms with Crippen LogP contribution in [0.4, 0.5) is 0 Å². The van der Waals surface area contributed by atoms with Crippen molar-refractivity contribution in [1.82, 2.24) is 10.3 Å². The molecule has 1 unspecified atom stereocenters. The van der Waals surface area contributed by atoms with Gasteiger partial charge >= 0.3 is 0 Å². The van der Waals surface area contributed by atoms with Crippen LogP contribution in [-0.4, -0.2) is 24.7 Å². The van der Waals surface area contributed by atoms with Gasteiger partial charge < -0.3 is 10.1 Å². The van der Waals surface area contributed by atoms with Gasteiger partial charge in [-0.3, -0.25) is 4.98 Å². The smallest absolute Gasteiger partial charge is 0.122 e. The summed E-state index contributed by atoms with van der Waals surface area (Å²) in [6, 6.07) is 12.1. The summed E-state index contributed by atoms with van der Waals surface area (Å²) in [5.74, 6) is 0.878. The number of nitrogens with zero attached hydrogens (tertiary/aromatic N) is 1. The fourth-order valence-corrected chi connectivity index (χ4v) is 2.64. The highest BCUT2D eigenvalue weighted by molar-refractivity contribution is 6.30. The lowest BCUT2D eigenvalue weighted by Crippen LogP contribution is -2.33. The van der Waals surface area contributed by atoms with E-state index in [1.807, 2.05) is 36.5 Å². The summed E-state index contributed by atoms with van der Waals surface area (Å²) in [5, 5.41) is 4.25. The van der Waals surface area contributed by atoms with Crippen LogP contribution in [0.15, 0.2) is 42.6 Å². The van der Waals surface area contributed by atoms with Crippen molar-refractivity contribution in [2.45, 2.75) is 25.8 Å². The highest BCUT2D eigenvalue weighted by Crippen LogP contribution is 2.24. The van der Waals surface area contributed by atoms with Gasteiger partial charge in [-0.25, -0.2) is 0 Å². The maximum Gasteiger partial charge on any atom is 0.122 e. The molecule has 0 radical (unpaired) electrons. The second-order valence-electron chi connectivity index (χ2n) is 4.94. The van der Waals surface area contributed by atoms with Crippen molar-refractivity contribution in [3.05, 3.63) is 58.9 Å². The number of pyridine rings is 1. The first-order valence-electron chi connectivity index (χ1n) is 7.18. The SMILES string of the molecule is CCNC(Cc1ccccn1)Cc1cc(Cl)ccc1OC. The summed E-state index contributed by atoms with van der Waals surface area (Å²) in [7, 11) is 1.69. The minimum Gasteiger partial charge on any atom is -0.496 e. The van der Waals surface area contributed by atoms with Gasteiger partial charge in [-0.15, -0.1) is 0 Å². The monoisotopic (exact) mass is 304 g/mol. The van der Waals surface area contributed by atoms with Crippen LogP contribution in [-0.2, 0) is 12.8 Å². The van der Waals surface area contributed by atoms with Crippen molar-refractivity contribution in [2.24, 2.45) is 0 Å². The lowest BCUT2D eigenvalue weighted by atomic mass is 10.0. The van der Waals surface area contributed by atoms with E-state index < -0.39 is 0 Å². The molecule has 1 heterocycles. The second kappa shape index (κ2) is 8.01. The molecule has 3 nitrogen and oxygen atoms in total. The molecule has 2 aromatic rings. The van der Waals surface area contributed by atoms with Gasteiger partial charge in [0.15, 0.2) is 0 Å². The van der Waals surface area contributed by atoms with Crippen molar-refractivity contribution in [3.63, 3.8) is 0 Å². The predicted molar refractivity (Wildman–Crippen MR) is 87.1 cm³/mol. The molecule has 0 bridgehead atoms. The number of ether oxygens (including phenoxy) is 1. The number of aromatic nitrogens is 1. The lowest BCUT2D eigenvalue weighted by Gasteiger charge is -2.19. The minimum atomic E-state index is 0.303. The van der Waals surface area contributed by atoms with Gasteiger partial charge in [-0.05, 0) is 48.9 Å². The maximum atomic E-state index is 6.11. The summed E-state index contributed by atoms with van der Waals surface area (Å²) in [5.41, 5.74) is 2.20. The van der Waals surface area contributed by atoms with Crippen LogP contribution >= 0.6 is 11.6 Å². The van der Waals surface area contributed by atoms with Crippen molar-refractivity contribution in [1.29, 1.82) is 0 Å². The highest BCUT2D eigenvalue weighted by atomic mass is 35.5. The van der Waals surface area contributed by atoms with Crippen LogP contribution in [0.3, 0.4) is 0 Å². The van der Waals surface area contributed by atoms with Crippen molar-refractivity contribution in [3.8, 4) is 5.75 Å². The van der Waals surface area contributed by atoms with Crippen LogP contribution in [0.1, 0.15) is 18.2 Å². The Bertz CT molecular complexity index is 560. The zero-order valence-corrected chi connectivity index (χ0v) is 13.2. The molecule has 0 aliphatic rings. The molecular weight excluding hydrogens is 284 g/mol. The van der Waals surface area contributed by atoms with Crippen LogP contribution < -0.4 is 10.1 Å². The van der Waals surface area contributed by atoms with E-state index in [-0.39, 0.29) is 0 Å². The molecule has 0 saturated carbocycles. The number of hydrogen-bond donors (Lipinski definition) is 1. The quantitative estimate of drug-likeness (QED) is 0.850. The predicted octanol–water partition coefficient (Wildman–Crippen LogP) is 3.51. The van der Waals surface area contributed by atoms with E-state index >= 15 is 0 Å². The summed E-state index contributed by atoms with van der Waals surface area (Å²) in [4.78, 5) is 4.41. The van der Waals surface area contributed by atoms with E-state index in [1.54, 1.807) is 7.11 Å². The molecule has 1 atom stereocenters. The lowest BCUT2D eigenvalue weighted by molar-refractivity contribution is 0.404. The van der Waals surface area contributed by atoms with E-state index in [0.717, 1.165) is 41.4 Å². The van der Waals surface area contributed by atoms with Gasteiger partial charge in [0, 0.05) is 29.4 Å². The molecule has 1 N–H and O–H groups in total. The third-order valence-corrected chi connectivity index (χ3v) is 3.62. The van der Waals surface area contributed by atoms with Gasteiger partial charge in [0.2, 0.25) is 0 Å². The molecule has 0 aliphatic heterocycles. The van der Waals surface area contributed by atoms with Crippen molar-refractivity contribution < 1.29 is 4.74 Å². The first-order chi connectivity index (χ1) is 10.2. The Kier molecular flexibility index (Phi) is 6.03. The van der Waals surface area contributed by atoms with Gasteiger partial charge in [0.1, 0.15) is 5.75 Å². The Morgan fingerprint density at radius 1 is 1.24 bits per heavy atom. The first kappa shape index (κ1) is 15.8. The van der Waals surface area contributed by atoms with Gasteiger partial charge in [-0.1, -0.05) is 24.6 Å². The Morgan fingerprint density at radius 2 is 2.10 bits per heavy atom. The van der Waals surface area contributed by atoms with E-state index in [1.165, 1.54) is 0 Å². The molecule has 21 heavy (non-hydrogen) atoms. The highest BCUT2D eigenvalue weighted by Gasteiger charge is 2.13. The molecule has 4 heteroatoms. The van der Waals surface area contributed by atoms with Crippen molar-refractivity contribution >= 4 is 11.6 Å². The molecule has 112 valence electrons. The number of hydrogen-bond acceptors (Lipinski definition) is 3. The van der Waals surface area contributed by atoms with Crippen molar-refractivity contribution in [2.75, 3.05) is 13.7 Å². The average Bonchev–Trinajstić information content (AvgIpc) is 2.49. The molecule has 1 aromatic heterocycles. The van der Waals surface area contributed by atoms with Crippen LogP contribution in [0.5, 0.6) is 5.75 Å². The molecule has 0 aliphatic carbocycles. The molecule has 0 spiro atoms. The number of rotatable bonds is 7. The van der Waals surface area contributed by atoms with E-state index in [0.29, 0.717) is 6.04 Å². The number of halogens is 1. The van der Waals surface area contributed by atoms with Gasteiger partial charge in [0.25, 0.3) is 0 Å². The van der Waals surface area contributed by atoms with Crippen LogP contribution in [0.2, 0.25) is 5.02 Å². The number of likely N-dealkylation sites (N-methyl/N-ethyl adjacent to an activating group) is 1. The van der Waals surface area contributed by atoms with Gasteiger partial charge in [-0.2, -0.15) is 0 Å². The molecule has 0 amide bonds. The Labute approximate surface area is 131 Å².